The normalized spacial score (nSPS) is 15.7. The molecule has 4 rings (SSSR count). The number of hydrogen-bond donors (Lipinski definition) is 2. The number of aromatic nitrogens is 2. The van der Waals surface area contributed by atoms with E-state index in [0.717, 1.165) is 6.07 Å². The lowest BCUT2D eigenvalue weighted by molar-refractivity contribution is 0.102. The molecule has 0 radical (unpaired) electrons. The Morgan fingerprint density at radius 2 is 2.19 bits per heavy atom. The predicted molar refractivity (Wildman–Crippen MR) is 99.8 cm³/mol. The smallest absolute Gasteiger partial charge is 0.267 e. The Bertz CT molecular complexity index is 1150. The number of amides is 1. The monoisotopic (exact) mass is 367 g/mol. The van der Waals surface area contributed by atoms with Crippen LogP contribution in [0.2, 0.25) is 0 Å². The molecule has 1 aliphatic heterocycles. The highest BCUT2D eigenvalue weighted by atomic mass is 19.1. The van der Waals surface area contributed by atoms with Gasteiger partial charge in [-0.1, -0.05) is 6.07 Å². The second-order valence-electron chi connectivity index (χ2n) is 6.87. The number of aryl methyl sites for hydroxylation is 2. The summed E-state index contributed by atoms with van der Waals surface area (Å²) in [5, 5.41) is 13.4. The number of aromatic hydroxyl groups is 1. The molecule has 1 atom stereocenters. The van der Waals surface area contributed by atoms with Gasteiger partial charge in [-0.05, 0) is 56.0 Å². The molecule has 138 valence electrons. The molecule has 3 aromatic rings. The number of benzene rings is 1. The molecule has 0 bridgehead atoms. The quantitative estimate of drug-likeness (QED) is 0.728. The summed E-state index contributed by atoms with van der Waals surface area (Å²) in [6.45, 7) is 3.64. The van der Waals surface area contributed by atoms with E-state index in [2.05, 4.69) is 10.3 Å². The molecule has 0 fully saturated rings. The molecule has 2 N–H and O–H groups in total. The Hall–Kier alpha value is -3.22. The van der Waals surface area contributed by atoms with Crippen molar-refractivity contribution in [2.75, 3.05) is 5.32 Å². The standard InChI is InChI=1S/C20H18FN3O3/c1-10-4-3-7-22-18(10)23-19(26)15-17(25)14-9-13(21)8-12-6-5-11(2)24(16(12)14)20(15)27/h3-4,7-9,11,25H,5-6H2,1-2H3,(H,22,23,26)/t11-/m0/s1. The molecule has 0 saturated carbocycles. The Labute approximate surface area is 154 Å². The SMILES string of the molecule is Cc1cccnc1NC(=O)c1c(O)c2cc(F)cc3c2n(c1=O)[C@@H](C)CC3. The molecule has 1 amide bonds. The van der Waals surface area contributed by atoms with Crippen LogP contribution < -0.4 is 10.9 Å². The van der Waals surface area contributed by atoms with Crippen LogP contribution in [0.4, 0.5) is 10.2 Å². The van der Waals surface area contributed by atoms with Crippen molar-refractivity contribution in [2.45, 2.75) is 32.7 Å². The number of carbonyl (C=O) groups excluding carboxylic acids is 1. The summed E-state index contributed by atoms with van der Waals surface area (Å²) in [7, 11) is 0. The summed E-state index contributed by atoms with van der Waals surface area (Å²) in [4.78, 5) is 29.9. The Kier molecular flexibility index (Phi) is 3.95. The average molecular weight is 367 g/mol. The van der Waals surface area contributed by atoms with Crippen molar-refractivity contribution in [3.05, 3.63) is 63.3 Å². The largest absolute Gasteiger partial charge is 0.506 e. The van der Waals surface area contributed by atoms with Gasteiger partial charge in [0, 0.05) is 17.6 Å². The Morgan fingerprint density at radius 3 is 2.93 bits per heavy atom. The molecule has 0 aliphatic carbocycles. The van der Waals surface area contributed by atoms with E-state index < -0.39 is 28.6 Å². The van der Waals surface area contributed by atoms with Crippen LogP contribution in [0.25, 0.3) is 10.9 Å². The zero-order chi connectivity index (χ0) is 19.3. The van der Waals surface area contributed by atoms with E-state index in [-0.39, 0.29) is 11.4 Å². The summed E-state index contributed by atoms with van der Waals surface area (Å²) in [5.41, 5.74) is 0.865. The van der Waals surface area contributed by atoms with Gasteiger partial charge in [-0.15, -0.1) is 0 Å². The lowest BCUT2D eigenvalue weighted by atomic mass is 9.95. The maximum absolute atomic E-state index is 14.0. The highest BCUT2D eigenvalue weighted by Gasteiger charge is 2.28. The summed E-state index contributed by atoms with van der Waals surface area (Å²) < 4.78 is 15.5. The van der Waals surface area contributed by atoms with E-state index in [9.17, 15) is 19.1 Å². The first-order chi connectivity index (χ1) is 12.9. The molecule has 1 aliphatic rings. The molecular formula is C20H18FN3O3. The van der Waals surface area contributed by atoms with Gasteiger partial charge in [0.25, 0.3) is 11.5 Å². The van der Waals surface area contributed by atoms with Gasteiger partial charge in [-0.25, -0.2) is 9.37 Å². The van der Waals surface area contributed by atoms with E-state index in [1.807, 2.05) is 6.92 Å². The highest BCUT2D eigenvalue weighted by Crippen LogP contribution is 2.35. The third-order valence-electron chi connectivity index (χ3n) is 5.06. The lowest BCUT2D eigenvalue weighted by Gasteiger charge is -2.26. The summed E-state index contributed by atoms with van der Waals surface area (Å²) in [6.07, 6.45) is 2.77. The zero-order valence-corrected chi connectivity index (χ0v) is 14.9. The molecule has 3 heterocycles. The van der Waals surface area contributed by atoms with E-state index >= 15 is 0 Å². The zero-order valence-electron chi connectivity index (χ0n) is 14.9. The lowest BCUT2D eigenvalue weighted by Crippen LogP contribution is -2.33. The van der Waals surface area contributed by atoms with Crippen LogP contribution in [0.3, 0.4) is 0 Å². The van der Waals surface area contributed by atoms with Gasteiger partial charge in [0.2, 0.25) is 0 Å². The number of nitrogens with zero attached hydrogens (tertiary/aromatic N) is 2. The van der Waals surface area contributed by atoms with E-state index in [0.29, 0.717) is 35.3 Å². The molecule has 6 nitrogen and oxygen atoms in total. The fourth-order valence-corrected chi connectivity index (χ4v) is 3.67. The minimum Gasteiger partial charge on any atom is -0.506 e. The molecule has 2 aromatic heterocycles. The third kappa shape index (κ3) is 2.66. The van der Waals surface area contributed by atoms with Crippen molar-refractivity contribution in [3.8, 4) is 5.75 Å². The molecule has 0 unspecified atom stereocenters. The first-order valence-electron chi connectivity index (χ1n) is 8.71. The number of nitrogens with one attached hydrogen (secondary N) is 1. The number of pyridine rings is 2. The maximum Gasteiger partial charge on any atom is 0.267 e. The van der Waals surface area contributed by atoms with Crippen molar-refractivity contribution in [1.82, 2.24) is 9.55 Å². The predicted octanol–water partition coefficient (Wildman–Crippen LogP) is 3.31. The first kappa shape index (κ1) is 17.2. The average Bonchev–Trinajstić information content (AvgIpc) is 2.62. The van der Waals surface area contributed by atoms with Crippen molar-refractivity contribution in [1.29, 1.82) is 0 Å². The van der Waals surface area contributed by atoms with Crippen molar-refractivity contribution in [3.63, 3.8) is 0 Å². The van der Waals surface area contributed by atoms with E-state index in [1.54, 1.807) is 19.1 Å². The second kappa shape index (κ2) is 6.19. The molecular weight excluding hydrogens is 349 g/mol. The molecule has 7 heteroatoms. The summed E-state index contributed by atoms with van der Waals surface area (Å²) in [6, 6.07) is 5.86. The fraction of sp³-hybridized carbons (Fsp3) is 0.250. The second-order valence-corrected chi connectivity index (χ2v) is 6.87. The van der Waals surface area contributed by atoms with Gasteiger partial charge in [0.05, 0.1) is 5.52 Å². The van der Waals surface area contributed by atoms with Crippen LogP contribution in [-0.4, -0.2) is 20.6 Å². The van der Waals surface area contributed by atoms with Crippen molar-refractivity contribution >= 4 is 22.6 Å². The van der Waals surface area contributed by atoms with E-state index in [4.69, 9.17) is 0 Å². The van der Waals surface area contributed by atoms with Gasteiger partial charge >= 0.3 is 0 Å². The Morgan fingerprint density at radius 1 is 1.41 bits per heavy atom. The number of rotatable bonds is 2. The van der Waals surface area contributed by atoms with Gasteiger partial charge in [-0.2, -0.15) is 0 Å². The van der Waals surface area contributed by atoms with Crippen LogP contribution in [0.15, 0.2) is 35.3 Å². The molecule has 0 saturated heterocycles. The van der Waals surface area contributed by atoms with Crippen LogP contribution in [0, 0.1) is 12.7 Å². The fourth-order valence-electron chi connectivity index (χ4n) is 3.67. The molecule has 1 aromatic carbocycles. The first-order valence-corrected chi connectivity index (χ1v) is 8.71. The minimum absolute atomic E-state index is 0.165. The number of hydrogen-bond acceptors (Lipinski definition) is 4. The summed E-state index contributed by atoms with van der Waals surface area (Å²) in [5.74, 6) is -1.49. The minimum atomic E-state index is -0.770. The summed E-state index contributed by atoms with van der Waals surface area (Å²) >= 11 is 0. The highest BCUT2D eigenvalue weighted by molar-refractivity contribution is 6.09. The van der Waals surface area contributed by atoms with Crippen molar-refractivity contribution in [2.24, 2.45) is 0 Å². The topological polar surface area (TPSA) is 84.2 Å². The van der Waals surface area contributed by atoms with Gasteiger partial charge < -0.3 is 15.0 Å². The van der Waals surface area contributed by atoms with Crippen LogP contribution in [0.5, 0.6) is 5.75 Å². The van der Waals surface area contributed by atoms with E-state index in [1.165, 1.54) is 16.8 Å². The van der Waals surface area contributed by atoms with Crippen LogP contribution >= 0.6 is 0 Å². The molecule has 27 heavy (non-hydrogen) atoms. The third-order valence-corrected chi connectivity index (χ3v) is 5.06. The Balaban J connectivity index is 1.96. The van der Waals surface area contributed by atoms with Gasteiger partial charge in [0.1, 0.15) is 22.9 Å². The van der Waals surface area contributed by atoms with Crippen molar-refractivity contribution < 1.29 is 14.3 Å². The number of carbonyl (C=O) groups is 1. The molecule has 0 spiro atoms. The van der Waals surface area contributed by atoms with Crippen LogP contribution in [0.1, 0.15) is 40.9 Å². The van der Waals surface area contributed by atoms with Gasteiger partial charge in [0.15, 0.2) is 0 Å². The number of halogens is 1. The van der Waals surface area contributed by atoms with Crippen LogP contribution in [-0.2, 0) is 6.42 Å². The van der Waals surface area contributed by atoms with Gasteiger partial charge in [-0.3, -0.25) is 9.59 Å². The maximum atomic E-state index is 14.0. The number of anilines is 1.